The summed E-state index contributed by atoms with van der Waals surface area (Å²) in [5.41, 5.74) is 0.943. The normalized spacial score (nSPS) is 27.5. The lowest BCUT2D eigenvalue weighted by atomic mass is 9.93. The summed E-state index contributed by atoms with van der Waals surface area (Å²) < 4.78 is 36.8. The van der Waals surface area contributed by atoms with Gasteiger partial charge in [0.1, 0.15) is 11.6 Å². The third-order valence-electron chi connectivity index (χ3n) is 6.12. The second kappa shape index (κ2) is 6.37. The molecule has 9 heteroatoms. The Balaban J connectivity index is 1.44. The molecule has 148 valence electrons. The third-order valence-corrected chi connectivity index (χ3v) is 6.74. The Bertz CT molecular complexity index is 1050. The zero-order chi connectivity index (χ0) is 19.6. The van der Waals surface area contributed by atoms with Crippen molar-refractivity contribution in [3.63, 3.8) is 0 Å². The molecule has 1 unspecified atom stereocenters. The van der Waals surface area contributed by atoms with E-state index in [2.05, 4.69) is 10.3 Å². The number of hydrogen-bond acceptors (Lipinski definition) is 3. The molecular formula is C19H18ClF2N3O2S. The molecule has 28 heavy (non-hydrogen) atoms. The molecule has 1 amide bonds. The van der Waals surface area contributed by atoms with Gasteiger partial charge < -0.3 is 19.6 Å². The number of aromatic amines is 1. The second-order valence-corrected chi connectivity index (χ2v) is 8.61. The molecule has 1 saturated carbocycles. The summed E-state index contributed by atoms with van der Waals surface area (Å²) in [5.74, 6) is -1.50. The molecule has 3 aliphatic rings. The van der Waals surface area contributed by atoms with Crippen LogP contribution in [0.2, 0.25) is 5.02 Å². The number of ether oxygens (including phenoxy) is 1. The third kappa shape index (κ3) is 2.65. The number of nitrogens with zero attached hydrogens (tertiary/aromatic N) is 1. The van der Waals surface area contributed by atoms with Crippen molar-refractivity contribution in [3.05, 3.63) is 50.5 Å². The molecule has 0 spiro atoms. The number of H-pyrrole nitrogens is 1. The van der Waals surface area contributed by atoms with Crippen molar-refractivity contribution in [1.29, 1.82) is 0 Å². The Morgan fingerprint density at radius 2 is 2.29 bits per heavy atom. The number of carbonyl (C=O) groups excluding carboxylic acids is 1. The van der Waals surface area contributed by atoms with Crippen LogP contribution >= 0.6 is 23.8 Å². The molecule has 1 aromatic carbocycles. The first-order valence-corrected chi connectivity index (χ1v) is 10.0. The van der Waals surface area contributed by atoms with Crippen LogP contribution in [0.4, 0.5) is 8.78 Å². The molecule has 1 aromatic heterocycles. The van der Waals surface area contributed by atoms with Gasteiger partial charge in [-0.1, -0.05) is 11.6 Å². The van der Waals surface area contributed by atoms with E-state index in [-0.39, 0.29) is 34.9 Å². The maximum atomic E-state index is 14.7. The fraction of sp³-hybridized carbons (Fsp3) is 0.474. The summed E-state index contributed by atoms with van der Waals surface area (Å²) in [6.07, 6.45) is 1.56. The first-order chi connectivity index (χ1) is 13.4. The standard InChI is InChI=1S/C19H18ClF2N3O2S/c20-11-1-2-12(21)15(16(11)22)19-6-10(19)17-13(24-18(28)25(17)8-19)5-14(26)23-9-3-4-27-7-9/h1-2,9-10H,3-8H2,(H,23,26)(H,24,28)/t9-,10?,19+/m1/s1. The lowest BCUT2D eigenvalue weighted by molar-refractivity contribution is -0.121. The molecule has 1 aliphatic carbocycles. The van der Waals surface area contributed by atoms with Crippen LogP contribution in [-0.2, 0) is 27.9 Å². The number of rotatable bonds is 4. The van der Waals surface area contributed by atoms with Gasteiger partial charge in [0.15, 0.2) is 4.77 Å². The number of amides is 1. The molecule has 5 nitrogen and oxygen atoms in total. The Morgan fingerprint density at radius 3 is 3.04 bits per heavy atom. The molecule has 5 rings (SSSR count). The fourth-order valence-corrected chi connectivity index (χ4v) is 5.21. The molecule has 2 fully saturated rings. The number of fused-ring (bicyclic) bond motifs is 3. The van der Waals surface area contributed by atoms with Crippen molar-refractivity contribution in [1.82, 2.24) is 14.9 Å². The van der Waals surface area contributed by atoms with Crippen LogP contribution in [0.5, 0.6) is 0 Å². The van der Waals surface area contributed by atoms with Crippen molar-refractivity contribution in [2.24, 2.45) is 0 Å². The Morgan fingerprint density at radius 1 is 1.46 bits per heavy atom. The van der Waals surface area contributed by atoms with Gasteiger partial charge in [-0.25, -0.2) is 8.78 Å². The van der Waals surface area contributed by atoms with Crippen molar-refractivity contribution in [2.45, 2.75) is 43.2 Å². The summed E-state index contributed by atoms with van der Waals surface area (Å²) in [4.78, 5) is 15.5. The predicted octanol–water partition coefficient (Wildman–Crippen LogP) is 3.36. The van der Waals surface area contributed by atoms with Crippen LogP contribution in [0.25, 0.3) is 0 Å². The monoisotopic (exact) mass is 425 g/mol. The van der Waals surface area contributed by atoms with E-state index in [1.54, 1.807) is 0 Å². The highest BCUT2D eigenvalue weighted by Gasteiger charge is 2.64. The quantitative estimate of drug-likeness (QED) is 0.583. The minimum Gasteiger partial charge on any atom is -0.379 e. The van der Waals surface area contributed by atoms with E-state index in [9.17, 15) is 13.6 Å². The van der Waals surface area contributed by atoms with Gasteiger partial charge in [-0.15, -0.1) is 0 Å². The van der Waals surface area contributed by atoms with E-state index in [4.69, 9.17) is 28.6 Å². The average Bonchev–Trinajstić information content (AvgIpc) is 2.98. The minimum absolute atomic E-state index is 0.0285. The Hall–Kier alpha value is -1.77. The molecule has 0 bridgehead atoms. The highest BCUT2D eigenvalue weighted by atomic mass is 35.5. The van der Waals surface area contributed by atoms with Crippen molar-refractivity contribution < 1.29 is 18.3 Å². The van der Waals surface area contributed by atoms with Crippen molar-refractivity contribution in [2.75, 3.05) is 13.2 Å². The van der Waals surface area contributed by atoms with Gasteiger partial charge in [-0.2, -0.15) is 0 Å². The Labute approximate surface area is 170 Å². The number of halogens is 3. The molecule has 3 heterocycles. The van der Waals surface area contributed by atoms with Gasteiger partial charge in [0.2, 0.25) is 5.91 Å². The number of nitrogens with one attached hydrogen (secondary N) is 2. The highest BCUT2D eigenvalue weighted by molar-refractivity contribution is 7.71. The Kier molecular flexibility index (Phi) is 4.16. The second-order valence-electron chi connectivity index (χ2n) is 7.82. The lowest BCUT2D eigenvalue weighted by Crippen LogP contribution is -2.36. The van der Waals surface area contributed by atoms with Gasteiger partial charge in [0.05, 0.1) is 24.1 Å². The van der Waals surface area contributed by atoms with Crippen LogP contribution in [0, 0.1) is 16.4 Å². The fourth-order valence-electron chi connectivity index (χ4n) is 4.77. The van der Waals surface area contributed by atoms with E-state index in [1.807, 2.05) is 4.57 Å². The predicted molar refractivity (Wildman–Crippen MR) is 101 cm³/mol. The summed E-state index contributed by atoms with van der Waals surface area (Å²) in [7, 11) is 0. The van der Waals surface area contributed by atoms with E-state index < -0.39 is 17.0 Å². The molecule has 2 aromatic rings. The number of imidazole rings is 1. The summed E-state index contributed by atoms with van der Waals surface area (Å²) >= 11 is 11.3. The van der Waals surface area contributed by atoms with Crippen LogP contribution in [0.1, 0.15) is 35.7 Å². The number of aromatic nitrogens is 2. The molecule has 2 N–H and O–H groups in total. The average molecular weight is 426 g/mol. The van der Waals surface area contributed by atoms with E-state index in [0.717, 1.165) is 12.1 Å². The van der Waals surface area contributed by atoms with Crippen molar-refractivity contribution >= 4 is 29.7 Å². The lowest BCUT2D eigenvalue weighted by Gasteiger charge is -2.16. The van der Waals surface area contributed by atoms with Crippen LogP contribution in [-0.4, -0.2) is 34.7 Å². The minimum atomic E-state index is -0.703. The molecule has 0 radical (unpaired) electrons. The van der Waals surface area contributed by atoms with Crippen LogP contribution in [0.15, 0.2) is 12.1 Å². The van der Waals surface area contributed by atoms with Crippen molar-refractivity contribution in [3.8, 4) is 0 Å². The highest BCUT2D eigenvalue weighted by Crippen LogP contribution is 2.67. The van der Waals surface area contributed by atoms with Gasteiger partial charge in [-0.05, 0) is 37.2 Å². The van der Waals surface area contributed by atoms with Crippen LogP contribution in [0.3, 0.4) is 0 Å². The molecular weight excluding hydrogens is 408 g/mol. The van der Waals surface area contributed by atoms with Gasteiger partial charge in [-0.3, -0.25) is 4.79 Å². The SMILES string of the molecule is O=C(Cc1[nH]c(=S)n2c1C1C[C@]1(c1c(F)ccc(Cl)c1F)C2)N[C@@H]1CCOC1. The van der Waals surface area contributed by atoms with E-state index in [0.29, 0.717) is 36.6 Å². The van der Waals surface area contributed by atoms with Gasteiger partial charge in [0, 0.05) is 41.4 Å². The maximum absolute atomic E-state index is 14.7. The topological polar surface area (TPSA) is 59.0 Å². The van der Waals surface area contributed by atoms with Gasteiger partial charge in [0.25, 0.3) is 0 Å². The number of benzene rings is 1. The summed E-state index contributed by atoms with van der Waals surface area (Å²) in [6.45, 7) is 1.56. The summed E-state index contributed by atoms with van der Waals surface area (Å²) in [5, 5.41) is 2.87. The first kappa shape index (κ1) is 18.3. The number of hydrogen-bond donors (Lipinski definition) is 2. The van der Waals surface area contributed by atoms with Crippen LogP contribution < -0.4 is 5.32 Å². The number of carbonyl (C=O) groups is 1. The molecule has 3 atom stereocenters. The smallest absolute Gasteiger partial charge is 0.226 e. The van der Waals surface area contributed by atoms with Gasteiger partial charge >= 0.3 is 0 Å². The largest absolute Gasteiger partial charge is 0.379 e. The zero-order valence-electron chi connectivity index (χ0n) is 14.9. The molecule has 2 aliphatic heterocycles. The maximum Gasteiger partial charge on any atom is 0.226 e. The summed E-state index contributed by atoms with van der Waals surface area (Å²) in [6, 6.07) is 2.46. The zero-order valence-corrected chi connectivity index (χ0v) is 16.4. The first-order valence-electron chi connectivity index (χ1n) is 9.23. The van der Waals surface area contributed by atoms with E-state index in [1.165, 1.54) is 12.1 Å². The van der Waals surface area contributed by atoms with E-state index >= 15 is 0 Å². The molecule has 1 saturated heterocycles.